The van der Waals surface area contributed by atoms with Gasteiger partial charge in [0.1, 0.15) is 17.4 Å². The molecule has 2 rings (SSSR count). The molecule has 0 aliphatic rings. The summed E-state index contributed by atoms with van der Waals surface area (Å²) in [7, 11) is 1.87. The summed E-state index contributed by atoms with van der Waals surface area (Å²) in [5, 5.41) is 13.9. The van der Waals surface area contributed by atoms with E-state index in [0.29, 0.717) is 12.2 Å². The molecule has 2 aromatic rings. The van der Waals surface area contributed by atoms with Gasteiger partial charge in [-0.05, 0) is 32.1 Å². The minimum atomic E-state index is -0.523. The summed E-state index contributed by atoms with van der Waals surface area (Å²) in [6, 6.07) is 9.67. The number of aliphatic hydroxyl groups is 1. The van der Waals surface area contributed by atoms with E-state index in [1.807, 2.05) is 37.4 Å². The van der Waals surface area contributed by atoms with Gasteiger partial charge in [0.05, 0.1) is 0 Å². The van der Waals surface area contributed by atoms with Crippen molar-refractivity contribution in [2.45, 2.75) is 12.5 Å². The first-order chi connectivity index (χ1) is 7.31. The van der Waals surface area contributed by atoms with Crippen LogP contribution in [-0.2, 0) is 0 Å². The predicted molar refractivity (Wildman–Crippen MR) is 59.7 cm³/mol. The van der Waals surface area contributed by atoms with Crippen molar-refractivity contribution in [2.24, 2.45) is 0 Å². The molecule has 1 heterocycles. The van der Waals surface area contributed by atoms with E-state index in [9.17, 15) is 5.11 Å². The highest BCUT2D eigenvalue weighted by Gasteiger charge is 2.12. The summed E-state index contributed by atoms with van der Waals surface area (Å²) in [4.78, 5) is 0. The summed E-state index contributed by atoms with van der Waals surface area (Å²) in [6.07, 6.45) is 0.140. The molecule has 2 N–H and O–H groups in total. The van der Waals surface area contributed by atoms with Crippen LogP contribution in [0.4, 0.5) is 0 Å². The van der Waals surface area contributed by atoms with E-state index >= 15 is 0 Å². The van der Waals surface area contributed by atoms with Crippen LogP contribution in [0.1, 0.15) is 18.3 Å². The molecule has 0 amide bonds. The van der Waals surface area contributed by atoms with E-state index in [4.69, 9.17) is 4.42 Å². The van der Waals surface area contributed by atoms with Gasteiger partial charge in [0.15, 0.2) is 0 Å². The zero-order chi connectivity index (χ0) is 10.7. The summed E-state index contributed by atoms with van der Waals surface area (Å²) in [5.41, 5.74) is 0.830. The van der Waals surface area contributed by atoms with Crippen LogP contribution >= 0.6 is 0 Å². The summed E-state index contributed by atoms with van der Waals surface area (Å²) >= 11 is 0. The standard InChI is InChI=1S/C12H15NO2/c1-13-7-6-10(14)12-8-9-4-2-3-5-11(9)15-12/h2-5,8,10,13-14H,6-7H2,1H3/t10-/m0/s1. The molecule has 0 bridgehead atoms. The van der Waals surface area contributed by atoms with E-state index in [2.05, 4.69) is 5.32 Å². The molecule has 0 spiro atoms. The van der Waals surface area contributed by atoms with Crippen LogP contribution in [0.5, 0.6) is 0 Å². The number of hydrogen-bond donors (Lipinski definition) is 2. The number of aliphatic hydroxyl groups excluding tert-OH is 1. The molecule has 0 saturated carbocycles. The van der Waals surface area contributed by atoms with Gasteiger partial charge in [-0.3, -0.25) is 0 Å². The number of nitrogens with one attached hydrogen (secondary N) is 1. The third-order valence-corrected chi connectivity index (χ3v) is 2.44. The largest absolute Gasteiger partial charge is 0.458 e. The normalized spacial score (nSPS) is 13.2. The predicted octanol–water partition coefficient (Wildman–Crippen LogP) is 2.08. The van der Waals surface area contributed by atoms with Gasteiger partial charge in [-0.2, -0.15) is 0 Å². The Hall–Kier alpha value is -1.32. The third kappa shape index (κ3) is 2.19. The molecule has 1 aromatic heterocycles. The minimum absolute atomic E-state index is 0.523. The van der Waals surface area contributed by atoms with Crippen molar-refractivity contribution in [1.82, 2.24) is 5.32 Å². The zero-order valence-electron chi connectivity index (χ0n) is 8.73. The van der Waals surface area contributed by atoms with Crippen LogP contribution in [0.3, 0.4) is 0 Å². The van der Waals surface area contributed by atoms with Crippen LogP contribution < -0.4 is 5.32 Å². The lowest BCUT2D eigenvalue weighted by molar-refractivity contribution is 0.143. The van der Waals surface area contributed by atoms with Crippen molar-refractivity contribution in [2.75, 3.05) is 13.6 Å². The Bertz CT molecular complexity index is 403. The number of hydrogen-bond acceptors (Lipinski definition) is 3. The highest BCUT2D eigenvalue weighted by molar-refractivity contribution is 5.77. The van der Waals surface area contributed by atoms with Crippen LogP contribution in [-0.4, -0.2) is 18.7 Å². The second-order valence-corrected chi connectivity index (χ2v) is 3.59. The zero-order valence-corrected chi connectivity index (χ0v) is 8.73. The molecule has 1 aromatic carbocycles. The second-order valence-electron chi connectivity index (χ2n) is 3.59. The van der Waals surface area contributed by atoms with E-state index in [0.717, 1.165) is 17.5 Å². The molecule has 0 aliphatic carbocycles. The fourth-order valence-corrected chi connectivity index (χ4v) is 1.59. The van der Waals surface area contributed by atoms with E-state index in [1.54, 1.807) is 0 Å². The van der Waals surface area contributed by atoms with Crippen LogP contribution in [0.15, 0.2) is 34.7 Å². The van der Waals surface area contributed by atoms with E-state index in [1.165, 1.54) is 0 Å². The van der Waals surface area contributed by atoms with Gasteiger partial charge in [-0.1, -0.05) is 18.2 Å². The number of para-hydroxylation sites is 1. The number of rotatable bonds is 4. The first-order valence-corrected chi connectivity index (χ1v) is 5.12. The Balaban J connectivity index is 2.20. The fourth-order valence-electron chi connectivity index (χ4n) is 1.59. The lowest BCUT2D eigenvalue weighted by Crippen LogP contribution is -2.11. The number of fused-ring (bicyclic) bond motifs is 1. The lowest BCUT2D eigenvalue weighted by Gasteiger charge is -2.05. The molecular formula is C12H15NO2. The molecule has 0 aliphatic heterocycles. The highest BCUT2D eigenvalue weighted by atomic mass is 16.4. The van der Waals surface area contributed by atoms with Gasteiger partial charge in [-0.25, -0.2) is 0 Å². The SMILES string of the molecule is CNCC[C@H](O)c1cc2ccccc2o1. The van der Waals surface area contributed by atoms with Crippen molar-refractivity contribution in [3.8, 4) is 0 Å². The van der Waals surface area contributed by atoms with Crippen LogP contribution in [0, 0.1) is 0 Å². The molecule has 15 heavy (non-hydrogen) atoms. The topological polar surface area (TPSA) is 45.4 Å². The number of benzene rings is 1. The molecule has 3 nitrogen and oxygen atoms in total. The van der Waals surface area contributed by atoms with Crippen molar-refractivity contribution >= 4 is 11.0 Å². The fraction of sp³-hybridized carbons (Fsp3) is 0.333. The highest BCUT2D eigenvalue weighted by Crippen LogP contribution is 2.24. The lowest BCUT2D eigenvalue weighted by atomic mass is 10.2. The Morgan fingerprint density at radius 1 is 1.40 bits per heavy atom. The van der Waals surface area contributed by atoms with Gasteiger partial charge in [0.25, 0.3) is 0 Å². The monoisotopic (exact) mass is 205 g/mol. The summed E-state index contributed by atoms with van der Waals surface area (Å²) < 4.78 is 5.55. The summed E-state index contributed by atoms with van der Waals surface area (Å²) in [6.45, 7) is 0.776. The average molecular weight is 205 g/mol. The third-order valence-electron chi connectivity index (χ3n) is 2.44. The van der Waals surface area contributed by atoms with Crippen molar-refractivity contribution < 1.29 is 9.52 Å². The molecule has 0 saturated heterocycles. The molecule has 0 fully saturated rings. The van der Waals surface area contributed by atoms with Crippen molar-refractivity contribution in [3.05, 3.63) is 36.1 Å². The maximum absolute atomic E-state index is 9.82. The van der Waals surface area contributed by atoms with Crippen LogP contribution in [0.2, 0.25) is 0 Å². The average Bonchev–Trinajstić information content (AvgIpc) is 2.69. The van der Waals surface area contributed by atoms with Gasteiger partial charge < -0.3 is 14.8 Å². The first kappa shape index (κ1) is 10.2. The van der Waals surface area contributed by atoms with E-state index in [-0.39, 0.29) is 0 Å². The smallest absolute Gasteiger partial charge is 0.134 e. The van der Waals surface area contributed by atoms with Gasteiger partial charge >= 0.3 is 0 Å². The maximum Gasteiger partial charge on any atom is 0.134 e. The quantitative estimate of drug-likeness (QED) is 0.803. The molecule has 3 heteroatoms. The maximum atomic E-state index is 9.82. The van der Waals surface area contributed by atoms with Gasteiger partial charge in [0, 0.05) is 5.39 Å². The van der Waals surface area contributed by atoms with Crippen molar-refractivity contribution in [3.63, 3.8) is 0 Å². The van der Waals surface area contributed by atoms with E-state index < -0.39 is 6.10 Å². The second kappa shape index (κ2) is 4.47. The Morgan fingerprint density at radius 2 is 2.20 bits per heavy atom. The first-order valence-electron chi connectivity index (χ1n) is 5.12. The Morgan fingerprint density at radius 3 is 2.93 bits per heavy atom. The minimum Gasteiger partial charge on any atom is -0.458 e. The molecule has 0 radical (unpaired) electrons. The van der Waals surface area contributed by atoms with Gasteiger partial charge in [0.2, 0.25) is 0 Å². The molecule has 80 valence electrons. The summed E-state index contributed by atoms with van der Waals surface area (Å²) in [5.74, 6) is 0.645. The Labute approximate surface area is 88.7 Å². The molecule has 1 atom stereocenters. The molecule has 0 unspecified atom stereocenters. The molecular weight excluding hydrogens is 190 g/mol. The van der Waals surface area contributed by atoms with Crippen LogP contribution in [0.25, 0.3) is 11.0 Å². The van der Waals surface area contributed by atoms with Gasteiger partial charge in [-0.15, -0.1) is 0 Å². The number of furan rings is 1. The van der Waals surface area contributed by atoms with Crippen molar-refractivity contribution in [1.29, 1.82) is 0 Å². The Kier molecular flexibility index (Phi) is 3.04.